The Kier molecular flexibility index (Phi) is 6.42. The summed E-state index contributed by atoms with van der Waals surface area (Å²) in [5.74, 6) is -1.31. The fourth-order valence-corrected chi connectivity index (χ4v) is 4.32. The molecule has 1 aliphatic rings. The van der Waals surface area contributed by atoms with Gasteiger partial charge in [-0.05, 0) is 42.7 Å². The maximum absolute atomic E-state index is 12.6. The molecule has 2 aromatic rings. The van der Waals surface area contributed by atoms with Crippen LogP contribution in [0.2, 0.25) is 0 Å². The van der Waals surface area contributed by atoms with Crippen LogP contribution in [-0.4, -0.2) is 26.2 Å². The van der Waals surface area contributed by atoms with Gasteiger partial charge in [-0.1, -0.05) is 58.4 Å². The minimum Gasteiger partial charge on any atom is -0.468 e. The summed E-state index contributed by atoms with van der Waals surface area (Å²) in [5.41, 5.74) is 1.44. The standard InChI is InChI=1S/C23H24BrNO4/c1-15-13-23(21(26)28-2,22(27)29-3)14-19(15)20(16-7-5-4-6-8-16)25-18-11-9-17(24)10-12-18/h4-12,19-20,25H,1,13-14H2,2-3H3/t19-,20-/m1/s1. The number of hydrogen-bond donors (Lipinski definition) is 1. The fraction of sp³-hybridized carbons (Fsp3) is 0.304. The third-order valence-electron chi connectivity index (χ3n) is 5.50. The molecule has 0 aliphatic heterocycles. The van der Waals surface area contributed by atoms with Crippen LogP contribution in [0, 0.1) is 11.3 Å². The largest absolute Gasteiger partial charge is 0.468 e. The molecule has 0 saturated heterocycles. The Labute approximate surface area is 179 Å². The van der Waals surface area contributed by atoms with Crippen LogP contribution in [0.4, 0.5) is 5.69 Å². The molecule has 1 aliphatic carbocycles. The van der Waals surface area contributed by atoms with E-state index < -0.39 is 17.4 Å². The third-order valence-corrected chi connectivity index (χ3v) is 6.03. The molecule has 0 unspecified atom stereocenters. The van der Waals surface area contributed by atoms with Gasteiger partial charge in [0.05, 0.1) is 20.3 Å². The third kappa shape index (κ3) is 4.22. The van der Waals surface area contributed by atoms with E-state index in [2.05, 4.69) is 27.8 Å². The van der Waals surface area contributed by atoms with Gasteiger partial charge in [-0.25, -0.2) is 0 Å². The quantitative estimate of drug-likeness (QED) is 0.379. The molecule has 0 bridgehead atoms. The Hall–Kier alpha value is -2.60. The molecule has 0 spiro atoms. The van der Waals surface area contributed by atoms with Crippen LogP contribution in [-0.2, 0) is 19.1 Å². The summed E-state index contributed by atoms with van der Waals surface area (Å²) >= 11 is 3.45. The smallest absolute Gasteiger partial charge is 0.323 e. The van der Waals surface area contributed by atoms with Crippen molar-refractivity contribution in [1.82, 2.24) is 0 Å². The van der Waals surface area contributed by atoms with Crippen molar-refractivity contribution in [2.45, 2.75) is 18.9 Å². The van der Waals surface area contributed by atoms with Crippen LogP contribution < -0.4 is 5.32 Å². The van der Waals surface area contributed by atoms with Crippen LogP contribution in [0.3, 0.4) is 0 Å². The summed E-state index contributed by atoms with van der Waals surface area (Å²) in [7, 11) is 2.58. The maximum Gasteiger partial charge on any atom is 0.323 e. The number of hydrogen-bond acceptors (Lipinski definition) is 5. The first-order valence-electron chi connectivity index (χ1n) is 9.33. The van der Waals surface area contributed by atoms with Gasteiger partial charge in [0, 0.05) is 16.1 Å². The van der Waals surface area contributed by atoms with E-state index in [1.165, 1.54) is 14.2 Å². The highest BCUT2D eigenvalue weighted by molar-refractivity contribution is 9.10. The number of nitrogens with one attached hydrogen (secondary N) is 1. The monoisotopic (exact) mass is 457 g/mol. The SMILES string of the molecule is C=C1CC(C(=O)OC)(C(=O)OC)C[C@H]1[C@H](Nc1ccc(Br)cc1)c1ccccc1. The first-order valence-corrected chi connectivity index (χ1v) is 10.1. The second-order valence-electron chi connectivity index (χ2n) is 7.25. The predicted molar refractivity (Wildman–Crippen MR) is 115 cm³/mol. The molecule has 5 nitrogen and oxygen atoms in total. The fourth-order valence-electron chi connectivity index (χ4n) is 4.05. The van der Waals surface area contributed by atoms with Crippen LogP contribution in [0.1, 0.15) is 24.4 Å². The lowest BCUT2D eigenvalue weighted by molar-refractivity contribution is -0.168. The first-order chi connectivity index (χ1) is 13.9. The Bertz CT molecular complexity index is 879. The Balaban J connectivity index is 1.99. The van der Waals surface area contributed by atoms with Crippen LogP contribution in [0.5, 0.6) is 0 Å². The number of esters is 2. The second kappa shape index (κ2) is 8.82. The molecule has 0 radical (unpaired) electrons. The van der Waals surface area contributed by atoms with Crippen LogP contribution in [0.25, 0.3) is 0 Å². The van der Waals surface area contributed by atoms with Gasteiger partial charge >= 0.3 is 11.9 Å². The molecule has 0 heterocycles. The van der Waals surface area contributed by atoms with Crippen molar-refractivity contribution in [2.24, 2.45) is 11.3 Å². The van der Waals surface area contributed by atoms with Gasteiger partial charge in [-0.15, -0.1) is 0 Å². The molecule has 29 heavy (non-hydrogen) atoms. The van der Waals surface area contributed by atoms with Crippen LogP contribution in [0.15, 0.2) is 71.2 Å². The van der Waals surface area contributed by atoms with Crippen molar-refractivity contribution in [3.8, 4) is 0 Å². The Morgan fingerprint density at radius 2 is 1.66 bits per heavy atom. The summed E-state index contributed by atoms with van der Waals surface area (Å²) < 4.78 is 10.9. The number of methoxy groups -OCH3 is 2. The zero-order valence-corrected chi connectivity index (χ0v) is 18.1. The zero-order chi connectivity index (χ0) is 21.0. The lowest BCUT2D eigenvalue weighted by Gasteiger charge is -2.29. The molecule has 1 fully saturated rings. The normalized spacial score (nSPS) is 18.7. The molecule has 2 aromatic carbocycles. The molecule has 0 aromatic heterocycles. The van der Waals surface area contributed by atoms with Gasteiger partial charge in [0.15, 0.2) is 5.41 Å². The summed E-state index contributed by atoms with van der Waals surface area (Å²) in [4.78, 5) is 25.2. The summed E-state index contributed by atoms with van der Waals surface area (Å²) in [5, 5.41) is 3.56. The minimum atomic E-state index is -1.36. The molecular formula is C23H24BrNO4. The van der Waals surface area contributed by atoms with E-state index in [1.807, 2.05) is 54.6 Å². The number of carbonyl (C=O) groups is 2. The van der Waals surface area contributed by atoms with E-state index in [9.17, 15) is 9.59 Å². The Morgan fingerprint density at radius 1 is 1.07 bits per heavy atom. The average Bonchev–Trinajstić information content (AvgIpc) is 3.11. The lowest BCUT2D eigenvalue weighted by atomic mass is 9.82. The topological polar surface area (TPSA) is 64.6 Å². The van der Waals surface area contributed by atoms with E-state index >= 15 is 0 Å². The van der Waals surface area contributed by atoms with Gasteiger partial charge in [0.2, 0.25) is 0 Å². The number of halogens is 1. The van der Waals surface area contributed by atoms with Crippen molar-refractivity contribution >= 4 is 33.6 Å². The van der Waals surface area contributed by atoms with Crippen molar-refractivity contribution in [3.05, 3.63) is 76.8 Å². The highest BCUT2D eigenvalue weighted by Crippen LogP contribution is 2.51. The van der Waals surface area contributed by atoms with Crippen molar-refractivity contribution in [1.29, 1.82) is 0 Å². The van der Waals surface area contributed by atoms with Gasteiger partial charge in [-0.2, -0.15) is 0 Å². The summed E-state index contributed by atoms with van der Waals surface area (Å²) in [6.07, 6.45) is 0.483. The molecule has 6 heteroatoms. The number of carbonyl (C=O) groups excluding carboxylic acids is 2. The highest BCUT2D eigenvalue weighted by atomic mass is 79.9. The predicted octanol–water partition coefficient (Wildman–Crippen LogP) is 4.90. The molecular weight excluding hydrogens is 434 g/mol. The van der Waals surface area contributed by atoms with Crippen molar-refractivity contribution in [3.63, 3.8) is 0 Å². The summed E-state index contributed by atoms with van der Waals surface area (Å²) in [6.45, 7) is 4.20. The van der Waals surface area contributed by atoms with Gasteiger partial charge in [0.1, 0.15) is 0 Å². The van der Waals surface area contributed by atoms with Crippen LogP contribution >= 0.6 is 15.9 Å². The number of ether oxygens (including phenoxy) is 2. The van der Waals surface area contributed by atoms with E-state index in [0.717, 1.165) is 21.3 Å². The molecule has 0 amide bonds. The lowest BCUT2D eigenvalue weighted by Crippen LogP contribution is -2.39. The van der Waals surface area contributed by atoms with Crippen molar-refractivity contribution < 1.29 is 19.1 Å². The number of benzene rings is 2. The molecule has 3 rings (SSSR count). The first kappa shape index (κ1) is 21.1. The van der Waals surface area contributed by atoms with E-state index in [-0.39, 0.29) is 24.8 Å². The number of rotatable bonds is 6. The number of anilines is 1. The minimum absolute atomic E-state index is 0.153. The Morgan fingerprint density at radius 3 is 2.21 bits per heavy atom. The van der Waals surface area contributed by atoms with E-state index in [4.69, 9.17) is 9.47 Å². The van der Waals surface area contributed by atoms with Gasteiger partial charge in [0.25, 0.3) is 0 Å². The molecule has 152 valence electrons. The van der Waals surface area contributed by atoms with E-state index in [1.54, 1.807) is 0 Å². The van der Waals surface area contributed by atoms with Crippen molar-refractivity contribution in [2.75, 3.05) is 19.5 Å². The second-order valence-corrected chi connectivity index (χ2v) is 8.17. The average molecular weight is 458 g/mol. The van der Waals surface area contributed by atoms with Gasteiger partial charge in [-0.3, -0.25) is 9.59 Å². The van der Waals surface area contributed by atoms with Gasteiger partial charge < -0.3 is 14.8 Å². The highest BCUT2D eigenvalue weighted by Gasteiger charge is 2.56. The van der Waals surface area contributed by atoms with E-state index in [0.29, 0.717) is 0 Å². The molecule has 1 N–H and O–H groups in total. The molecule has 1 saturated carbocycles. The summed E-state index contributed by atoms with van der Waals surface area (Å²) in [6, 6.07) is 17.7. The molecule has 2 atom stereocenters. The maximum atomic E-state index is 12.6. The zero-order valence-electron chi connectivity index (χ0n) is 16.5.